The molecule has 1 aromatic carbocycles. The monoisotopic (exact) mass is 402 g/mol. The molecule has 0 radical (unpaired) electrons. The molecule has 4 rings (SSSR count). The quantitative estimate of drug-likeness (QED) is 0.681. The Morgan fingerprint density at radius 3 is 2.79 bits per heavy atom. The van der Waals surface area contributed by atoms with E-state index in [0.29, 0.717) is 39.5 Å². The standard InChI is InChI=1S/C20H23ClN4O3/c1-12(14-6-7-22-9-14)28-20-19-15(21)10-23-25(19)11-16(24-20)13-4-5-17(26-2)18(8-13)27-3/h4-5,8,10-12,14,22H,6-7,9H2,1-3H3/t12-,14-/m1/s1. The highest BCUT2D eigenvalue weighted by atomic mass is 35.5. The molecular formula is C20H23ClN4O3. The van der Waals surface area contributed by atoms with Gasteiger partial charge in [0, 0.05) is 18.0 Å². The van der Waals surface area contributed by atoms with Gasteiger partial charge in [-0.2, -0.15) is 5.10 Å². The van der Waals surface area contributed by atoms with Crippen molar-refractivity contribution in [2.75, 3.05) is 27.3 Å². The number of fused-ring (bicyclic) bond motifs is 1. The van der Waals surface area contributed by atoms with E-state index in [1.165, 1.54) is 0 Å². The van der Waals surface area contributed by atoms with E-state index in [4.69, 9.17) is 30.8 Å². The Balaban J connectivity index is 1.76. The van der Waals surface area contributed by atoms with Gasteiger partial charge in [0.1, 0.15) is 11.6 Å². The molecular weight excluding hydrogens is 380 g/mol. The molecule has 1 aliphatic rings. The van der Waals surface area contributed by atoms with Gasteiger partial charge >= 0.3 is 0 Å². The number of methoxy groups -OCH3 is 2. The maximum atomic E-state index is 6.35. The number of benzene rings is 1. The van der Waals surface area contributed by atoms with Crippen molar-refractivity contribution >= 4 is 17.1 Å². The fraction of sp³-hybridized carbons (Fsp3) is 0.400. The Hall–Kier alpha value is -2.51. The summed E-state index contributed by atoms with van der Waals surface area (Å²) < 4.78 is 18.7. The van der Waals surface area contributed by atoms with Crippen LogP contribution in [0, 0.1) is 5.92 Å². The van der Waals surface area contributed by atoms with Crippen molar-refractivity contribution in [2.24, 2.45) is 5.92 Å². The number of nitrogens with one attached hydrogen (secondary N) is 1. The lowest BCUT2D eigenvalue weighted by molar-refractivity contribution is 0.156. The highest BCUT2D eigenvalue weighted by molar-refractivity contribution is 6.34. The SMILES string of the molecule is COc1ccc(-c2cn3ncc(Cl)c3c(O[C@H](C)[C@@H]3CCNC3)n2)cc1OC. The van der Waals surface area contributed by atoms with Crippen molar-refractivity contribution in [1.29, 1.82) is 0 Å². The van der Waals surface area contributed by atoms with Crippen LogP contribution in [0.4, 0.5) is 0 Å². The summed E-state index contributed by atoms with van der Waals surface area (Å²) in [6.07, 6.45) is 4.53. The number of aromatic nitrogens is 3. The maximum absolute atomic E-state index is 6.35. The van der Waals surface area contributed by atoms with Gasteiger partial charge in [0.15, 0.2) is 11.5 Å². The first-order valence-corrected chi connectivity index (χ1v) is 9.62. The van der Waals surface area contributed by atoms with Crippen molar-refractivity contribution in [1.82, 2.24) is 19.9 Å². The second-order valence-corrected chi connectivity index (χ2v) is 7.27. The molecule has 0 bridgehead atoms. The number of halogens is 1. The van der Waals surface area contributed by atoms with E-state index in [1.54, 1.807) is 24.9 Å². The minimum atomic E-state index is 0.0120. The molecule has 3 heterocycles. The van der Waals surface area contributed by atoms with Gasteiger partial charge in [0.25, 0.3) is 0 Å². The molecule has 7 nitrogen and oxygen atoms in total. The van der Waals surface area contributed by atoms with Gasteiger partial charge in [-0.25, -0.2) is 9.50 Å². The molecule has 1 N–H and O–H groups in total. The zero-order valence-electron chi connectivity index (χ0n) is 16.1. The summed E-state index contributed by atoms with van der Waals surface area (Å²) in [7, 11) is 3.22. The van der Waals surface area contributed by atoms with Crippen LogP contribution in [-0.2, 0) is 0 Å². The normalized spacial score (nSPS) is 17.6. The molecule has 148 valence electrons. The lowest BCUT2D eigenvalue weighted by atomic mass is 10.0. The van der Waals surface area contributed by atoms with Crippen LogP contribution in [0.2, 0.25) is 5.02 Å². The minimum absolute atomic E-state index is 0.0120. The molecule has 0 aliphatic carbocycles. The second kappa shape index (κ2) is 7.85. The fourth-order valence-corrected chi connectivity index (χ4v) is 3.72. The smallest absolute Gasteiger partial charge is 0.242 e. The van der Waals surface area contributed by atoms with Crippen LogP contribution in [0.15, 0.2) is 30.6 Å². The highest BCUT2D eigenvalue weighted by Gasteiger charge is 2.25. The molecule has 3 aromatic rings. The number of hydrogen-bond acceptors (Lipinski definition) is 6. The third-order valence-electron chi connectivity index (χ3n) is 5.16. The summed E-state index contributed by atoms with van der Waals surface area (Å²) in [5, 5.41) is 8.23. The first-order valence-electron chi connectivity index (χ1n) is 9.24. The largest absolute Gasteiger partial charge is 0.493 e. The number of hydrogen-bond donors (Lipinski definition) is 1. The van der Waals surface area contributed by atoms with Gasteiger partial charge in [-0.15, -0.1) is 0 Å². The van der Waals surface area contributed by atoms with Gasteiger partial charge in [-0.05, 0) is 38.1 Å². The Bertz CT molecular complexity index is 985. The van der Waals surface area contributed by atoms with E-state index < -0.39 is 0 Å². The molecule has 0 spiro atoms. The average Bonchev–Trinajstić information content (AvgIpc) is 3.38. The Kier molecular flexibility index (Phi) is 5.28. The summed E-state index contributed by atoms with van der Waals surface area (Å²) in [4.78, 5) is 4.76. The van der Waals surface area contributed by atoms with Gasteiger partial charge in [-0.1, -0.05) is 11.6 Å². The van der Waals surface area contributed by atoms with Gasteiger partial charge < -0.3 is 19.5 Å². The van der Waals surface area contributed by atoms with Gasteiger partial charge in [0.2, 0.25) is 5.88 Å². The van der Waals surface area contributed by atoms with Crippen LogP contribution in [0.3, 0.4) is 0 Å². The van der Waals surface area contributed by atoms with E-state index in [1.807, 2.05) is 24.4 Å². The number of nitrogens with zero attached hydrogens (tertiary/aromatic N) is 3. The first kappa shape index (κ1) is 18.8. The zero-order valence-corrected chi connectivity index (χ0v) is 16.9. The van der Waals surface area contributed by atoms with E-state index in [-0.39, 0.29) is 6.10 Å². The van der Waals surface area contributed by atoms with E-state index >= 15 is 0 Å². The molecule has 0 amide bonds. The van der Waals surface area contributed by atoms with Crippen molar-refractivity contribution < 1.29 is 14.2 Å². The van der Waals surface area contributed by atoms with Gasteiger partial charge in [0.05, 0.1) is 37.3 Å². The summed E-state index contributed by atoms with van der Waals surface area (Å²) in [6.45, 7) is 4.03. The van der Waals surface area contributed by atoms with E-state index in [0.717, 1.165) is 25.1 Å². The van der Waals surface area contributed by atoms with Crippen molar-refractivity contribution in [3.8, 4) is 28.6 Å². The molecule has 1 fully saturated rings. The molecule has 1 saturated heterocycles. The number of rotatable bonds is 6. The summed E-state index contributed by atoms with van der Waals surface area (Å²) in [6, 6.07) is 5.66. The van der Waals surface area contributed by atoms with Crippen molar-refractivity contribution in [3.05, 3.63) is 35.6 Å². The predicted molar refractivity (Wildman–Crippen MR) is 108 cm³/mol. The number of ether oxygens (including phenoxy) is 3. The lowest BCUT2D eigenvalue weighted by Crippen LogP contribution is -2.26. The van der Waals surface area contributed by atoms with Crippen LogP contribution in [-0.4, -0.2) is 48.0 Å². The minimum Gasteiger partial charge on any atom is -0.493 e. The highest BCUT2D eigenvalue weighted by Crippen LogP contribution is 2.34. The van der Waals surface area contributed by atoms with Crippen LogP contribution in [0.25, 0.3) is 16.8 Å². The first-order chi connectivity index (χ1) is 13.6. The second-order valence-electron chi connectivity index (χ2n) is 6.86. The summed E-state index contributed by atoms with van der Waals surface area (Å²) >= 11 is 6.35. The third-order valence-corrected chi connectivity index (χ3v) is 5.44. The fourth-order valence-electron chi connectivity index (χ4n) is 3.51. The molecule has 1 aliphatic heterocycles. The Labute approximate surface area is 168 Å². The van der Waals surface area contributed by atoms with Crippen LogP contribution in [0.1, 0.15) is 13.3 Å². The molecule has 2 aromatic heterocycles. The van der Waals surface area contributed by atoms with Gasteiger partial charge in [-0.3, -0.25) is 0 Å². The van der Waals surface area contributed by atoms with E-state index in [2.05, 4.69) is 17.3 Å². The Morgan fingerprint density at radius 2 is 2.07 bits per heavy atom. The molecule has 28 heavy (non-hydrogen) atoms. The van der Waals surface area contributed by atoms with Crippen LogP contribution >= 0.6 is 11.6 Å². The van der Waals surface area contributed by atoms with Crippen LogP contribution in [0.5, 0.6) is 17.4 Å². The topological polar surface area (TPSA) is 69.9 Å². The van der Waals surface area contributed by atoms with E-state index in [9.17, 15) is 0 Å². The summed E-state index contributed by atoms with van der Waals surface area (Å²) in [5.41, 5.74) is 2.25. The molecule has 8 heteroatoms. The third kappa shape index (κ3) is 3.47. The van der Waals surface area contributed by atoms with Crippen molar-refractivity contribution in [3.63, 3.8) is 0 Å². The predicted octanol–water partition coefficient (Wildman–Crippen LogP) is 3.44. The maximum Gasteiger partial charge on any atom is 0.242 e. The van der Waals surface area contributed by atoms with Crippen LogP contribution < -0.4 is 19.5 Å². The van der Waals surface area contributed by atoms with Crippen molar-refractivity contribution in [2.45, 2.75) is 19.4 Å². The molecule has 0 saturated carbocycles. The zero-order chi connectivity index (χ0) is 19.7. The Morgan fingerprint density at radius 1 is 1.25 bits per heavy atom. The summed E-state index contributed by atoms with van der Waals surface area (Å²) in [5.74, 6) is 2.21. The average molecular weight is 403 g/mol. The molecule has 2 atom stereocenters. The molecule has 0 unspecified atom stereocenters. The lowest BCUT2D eigenvalue weighted by Gasteiger charge is -2.20.